The number of thiazole rings is 1. The number of rotatable bonds is 5. The second-order valence-electron chi connectivity index (χ2n) is 6.94. The van der Waals surface area contributed by atoms with Gasteiger partial charge in [0, 0.05) is 22.5 Å². The lowest BCUT2D eigenvalue weighted by Crippen LogP contribution is -2.32. The van der Waals surface area contributed by atoms with E-state index in [1.54, 1.807) is 18.4 Å². The third-order valence-corrected chi connectivity index (χ3v) is 6.39. The van der Waals surface area contributed by atoms with Crippen LogP contribution >= 0.6 is 22.9 Å². The van der Waals surface area contributed by atoms with Crippen molar-refractivity contribution in [2.75, 3.05) is 20.2 Å². The summed E-state index contributed by atoms with van der Waals surface area (Å²) in [6, 6.07) is 16.3. The SMILES string of the molecule is COc1ccccc1C1CCN(Cc2csc(-c3ccc(Cl)cc3)n2)CC1. The summed E-state index contributed by atoms with van der Waals surface area (Å²) in [6.45, 7) is 3.11. The molecule has 1 fully saturated rings. The molecule has 0 spiro atoms. The van der Waals surface area contributed by atoms with E-state index < -0.39 is 0 Å². The molecule has 0 unspecified atom stereocenters. The van der Waals surface area contributed by atoms with Gasteiger partial charge < -0.3 is 4.74 Å². The van der Waals surface area contributed by atoms with Crippen LogP contribution in [0.25, 0.3) is 10.6 Å². The van der Waals surface area contributed by atoms with E-state index in [-0.39, 0.29) is 0 Å². The van der Waals surface area contributed by atoms with Crippen molar-refractivity contribution in [2.45, 2.75) is 25.3 Å². The average Bonchev–Trinajstić information content (AvgIpc) is 3.17. The average molecular weight is 399 g/mol. The van der Waals surface area contributed by atoms with Crippen molar-refractivity contribution >= 4 is 22.9 Å². The largest absolute Gasteiger partial charge is 0.496 e. The van der Waals surface area contributed by atoms with Crippen LogP contribution in [0, 0.1) is 0 Å². The zero-order chi connectivity index (χ0) is 18.6. The van der Waals surface area contributed by atoms with Crippen LogP contribution in [0.2, 0.25) is 5.02 Å². The van der Waals surface area contributed by atoms with Crippen molar-refractivity contribution in [2.24, 2.45) is 0 Å². The fourth-order valence-electron chi connectivity index (χ4n) is 3.74. The molecule has 3 aromatic rings. The molecule has 2 aromatic carbocycles. The highest BCUT2D eigenvalue weighted by atomic mass is 35.5. The van der Waals surface area contributed by atoms with Crippen LogP contribution in [0.3, 0.4) is 0 Å². The first kappa shape index (κ1) is 18.5. The molecule has 1 aromatic heterocycles. The number of aromatic nitrogens is 1. The van der Waals surface area contributed by atoms with Crippen molar-refractivity contribution < 1.29 is 4.74 Å². The Kier molecular flexibility index (Phi) is 5.77. The molecular weight excluding hydrogens is 376 g/mol. The predicted molar refractivity (Wildman–Crippen MR) is 113 cm³/mol. The summed E-state index contributed by atoms with van der Waals surface area (Å²) in [5.41, 5.74) is 3.63. The molecule has 2 heterocycles. The second-order valence-corrected chi connectivity index (χ2v) is 8.24. The van der Waals surface area contributed by atoms with E-state index in [2.05, 4.69) is 28.5 Å². The summed E-state index contributed by atoms with van der Waals surface area (Å²) in [7, 11) is 1.76. The number of hydrogen-bond acceptors (Lipinski definition) is 4. The van der Waals surface area contributed by atoms with Gasteiger partial charge in [0.15, 0.2) is 0 Å². The van der Waals surface area contributed by atoms with Gasteiger partial charge in [-0.3, -0.25) is 4.90 Å². The number of likely N-dealkylation sites (tertiary alicyclic amines) is 1. The molecule has 5 heteroatoms. The van der Waals surface area contributed by atoms with Gasteiger partial charge in [0.25, 0.3) is 0 Å². The molecule has 140 valence electrons. The lowest BCUT2D eigenvalue weighted by Gasteiger charge is -2.32. The standard InChI is InChI=1S/C22H23ClN2OS/c1-26-21-5-3-2-4-20(21)16-10-12-25(13-11-16)14-19-15-27-22(24-19)17-6-8-18(23)9-7-17/h2-9,15-16H,10-14H2,1H3. The highest BCUT2D eigenvalue weighted by Gasteiger charge is 2.23. The summed E-state index contributed by atoms with van der Waals surface area (Å²) in [6.07, 6.45) is 2.32. The second kappa shape index (κ2) is 8.42. The Morgan fingerprint density at radius 2 is 1.85 bits per heavy atom. The van der Waals surface area contributed by atoms with E-state index in [1.807, 2.05) is 30.3 Å². The van der Waals surface area contributed by atoms with Gasteiger partial charge in [-0.1, -0.05) is 41.9 Å². The number of halogens is 1. The van der Waals surface area contributed by atoms with Gasteiger partial charge in [-0.2, -0.15) is 0 Å². The Balaban J connectivity index is 1.36. The normalized spacial score (nSPS) is 15.8. The molecule has 1 saturated heterocycles. The Hall–Kier alpha value is -1.88. The van der Waals surface area contributed by atoms with Crippen LogP contribution < -0.4 is 4.74 Å². The van der Waals surface area contributed by atoms with Crippen LogP contribution in [0.1, 0.15) is 30.0 Å². The minimum atomic E-state index is 0.581. The molecule has 3 nitrogen and oxygen atoms in total. The maximum atomic E-state index is 5.98. The minimum Gasteiger partial charge on any atom is -0.496 e. The Morgan fingerprint density at radius 3 is 2.59 bits per heavy atom. The van der Waals surface area contributed by atoms with Crippen molar-refractivity contribution in [3.8, 4) is 16.3 Å². The molecule has 4 rings (SSSR count). The molecule has 0 saturated carbocycles. The first-order valence-corrected chi connectivity index (χ1v) is 10.5. The van der Waals surface area contributed by atoms with E-state index in [0.29, 0.717) is 5.92 Å². The molecule has 0 N–H and O–H groups in total. The first-order chi connectivity index (χ1) is 13.2. The summed E-state index contributed by atoms with van der Waals surface area (Å²) in [5, 5.41) is 4.00. The molecule has 27 heavy (non-hydrogen) atoms. The minimum absolute atomic E-state index is 0.581. The number of ether oxygens (including phenoxy) is 1. The number of methoxy groups -OCH3 is 1. The van der Waals surface area contributed by atoms with Crippen molar-refractivity contribution in [3.05, 3.63) is 70.2 Å². The maximum Gasteiger partial charge on any atom is 0.123 e. The van der Waals surface area contributed by atoms with Crippen molar-refractivity contribution in [1.82, 2.24) is 9.88 Å². The molecule has 0 bridgehead atoms. The number of para-hydroxylation sites is 1. The third-order valence-electron chi connectivity index (χ3n) is 5.19. The zero-order valence-corrected chi connectivity index (χ0v) is 17.0. The summed E-state index contributed by atoms with van der Waals surface area (Å²) >= 11 is 7.68. The number of benzene rings is 2. The molecule has 1 aliphatic rings. The fourth-order valence-corrected chi connectivity index (χ4v) is 4.68. The number of piperidine rings is 1. The lowest BCUT2D eigenvalue weighted by molar-refractivity contribution is 0.201. The van der Waals surface area contributed by atoms with Crippen LogP contribution in [0.15, 0.2) is 53.9 Å². The van der Waals surface area contributed by atoms with Crippen LogP contribution in [-0.4, -0.2) is 30.1 Å². The molecule has 0 atom stereocenters. The molecule has 1 aliphatic heterocycles. The van der Waals surface area contributed by atoms with E-state index in [1.165, 1.54) is 5.56 Å². The highest BCUT2D eigenvalue weighted by Crippen LogP contribution is 2.34. The van der Waals surface area contributed by atoms with E-state index in [0.717, 1.165) is 59.5 Å². The van der Waals surface area contributed by atoms with E-state index in [4.69, 9.17) is 21.3 Å². The van der Waals surface area contributed by atoms with E-state index in [9.17, 15) is 0 Å². The quantitative estimate of drug-likeness (QED) is 0.538. The van der Waals surface area contributed by atoms with Gasteiger partial charge >= 0.3 is 0 Å². The molecule has 0 amide bonds. The summed E-state index contributed by atoms with van der Waals surface area (Å²) in [4.78, 5) is 7.33. The van der Waals surface area contributed by atoms with Gasteiger partial charge in [0.05, 0.1) is 12.8 Å². The summed E-state index contributed by atoms with van der Waals surface area (Å²) in [5.74, 6) is 1.60. The zero-order valence-electron chi connectivity index (χ0n) is 15.4. The van der Waals surface area contributed by atoms with Gasteiger partial charge in [-0.05, 0) is 55.6 Å². The smallest absolute Gasteiger partial charge is 0.123 e. The molecular formula is C22H23ClN2OS. The summed E-state index contributed by atoms with van der Waals surface area (Å²) < 4.78 is 5.54. The van der Waals surface area contributed by atoms with Gasteiger partial charge in [0.2, 0.25) is 0 Å². The van der Waals surface area contributed by atoms with Gasteiger partial charge in [0.1, 0.15) is 10.8 Å². The number of nitrogens with zero attached hydrogens (tertiary/aromatic N) is 2. The number of hydrogen-bond donors (Lipinski definition) is 0. The molecule has 0 aliphatic carbocycles. The van der Waals surface area contributed by atoms with Crippen molar-refractivity contribution in [3.63, 3.8) is 0 Å². The maximum absolute atomic E-state index is 5.98. The Labute approximate surface area is 169 Å². The van der Waals surface area contributed by atoms with Crippen LogP contribution in [0.4, 0.5) is 0 Å². The van der Waals surface area contributed by atoms with Crippen LogP contribution in [0.5, 0.6) is 5.75 Å². The first-order valence-electron chi connectivity index (χ1n) is 9.28. The van der Waals surface area contributed by atoms with Gasteiger partial charge in [-0.15, -0.1) is 11.3 Å². The lowest BCUT2D eigenvalue weighted by atomic mass is 9.89. The third kappa shape index (κ3) is 4.34. The monoisotopic (exact) mass is 398 g/mol. The predicted octanol–water partition coefficient (Wildman–Crippen LogP) is 5.85. The Bertz CT molecular complexity index is 885. The highest BCUT2D eigenvalue weighted by molar-refractivity contribution is 7.13. The fraction of sp³-hybridized carbons (Fsp3) is 0.318. The topological polar surface area (TPSA) is 25.4 Å². The van der Waals surface area contributed by atoms with Crippen molar-refractivity contribution in [1.29, 1.82) is 0 Å². The molecule has 0 radical (unpaired) electrons. The van der Waals surface area contributed by atoms with E-state index >= 15 is 0 Å². The van der Waals surface area contributed by atoms with Gasteiger partial charge in [-0.25, -0.2) is 4.98 Å². The van der Waals surface area contributed by atoms with Crippen LogP contribution in [-0.2, 0) is 6.54 Å². The Morgan fingerprint density at radius 1 is 1.11 bits per heavy atom.